The van der Waals surface area contributed by atoms with Crippen LogP contribution in [-0.4, -0.2) is 21.6 Å². The third kappa shape index (κ3) is 3.41. The Morgan fingerprint density at radius 2 is 2.24 bits per heavy atom. The Morgan fingerprint density at radius 3 is 2.88 bits per heavy atom. The number of aliphatic hydroxyl groups is 1. The first-order valence-corrected chi connectivity index (χ1v) is 7.52. The molecule has 126 valence electrons. The van der Waals surface area contributed by atoms with E-state index < -0.39 is 4.92 Å². The van der Waals surface area contributed by atoms with Gasteiger partial charge in [-0.25, -0.2) is 4.98 Å². The van der Waals surface area contributed by atoms with Crippen LogP contribution in [0.2, 0.25) is 0 Å². The summed E-state index contributed by atoms with van der Waals surface area (Å²) in [5.74, 6) is 1.06. The van der Waals surface area contributed by atoms with E-state index in [1.807, 2.05) is 6.07 Å². The largest absolute Gasteiger partial charge is 0.467 e. The minimum absolute atomic E-state index is 0.0523. The average molecular weight is 338 g/mol. The smallest absolute Gasteiger partial charge is 0.270 e. The number of pyridine rings is 1. The molecule has 0 saturated carbocycles. The van der Waals surface area contributed by atoms with Crippen molar-refractivity contribution in [2.45, 2.75) is 12.5 Å². The van der Waals surface area contributed by atoms with Gasteiger partial charge in [0.25, 0.3) is 5.69 Å². The number of nitriles is 1. The van der Waals surface area contributed by atoms with E-state index in [1.54, 1.807) is 12.1 Å². The lowest BCUT2D eigenvalue weighted by atomic mass is 10.1. The Hall–Kier alpha value is -3.44. The molecule has 0 aliphatic heterocycles. The highest BCUT2D eigenvalue weighted by Crippen LogP contribution is 2.27. The summed E-state index contributed by atoms with van der Waals surface area (Å²) >= 11 is 0. The summed E-state index contributed by atoms with van der Waals surface area (Å²) in [4.78, 5) is 14.8. The summed E-state index contributed by atoms with van der Waals surface area (Å²) in [5.41, 5.74) is 0.646. The predicted molar refractivity (Wildman–Crippen MR) is 89.9 cm³/mol. The molecule has 1 atom stereocenters. The van der Waals surface area contributed by atoms with Gasteiger partial charge in [-0.3, -0.25) is 10.1 Å². The molecule has 25 heavy (non-hydrogen) atoms. The SMILES string of the molecule is N#Cc1cc(NC(CCO)c2ccco2)nc2ccc([N+](=O)[O-])cc12. The maximum Gasteiger partial charge on any atom is 0.270 e. The molecule has 8 heteroatoms. The number of nitro benzene ring substituents is 1. The van der Waals surface area contributed by atoms with Gasteiger partial charge in [0.2, 0.25) is 0 Å². The highest BCUT2D eigenvalue weighted by molar-refractivity contribution is 5.88. The van der Waals surface area contributed by atoms with Crippen molar-refractivity contribution in [2.75, 3.05) is 11.9 Å². The summed E-state index contributed by atoms with van der Waals surface area (Å²) in [6, 6.07) is 11.0. The van der Waals surface area contributed by atoms with Crippen molar-refractivity contribution < 1.29 is 14.4 Å². The van der Waals surface area contributed by atoms with Crippen molar-refractivity contribution in [1.29, 1.82) is 5.26 Å². The minimum atomic E-state index is -0.513. The molecule has 3 aromatic rings. The van der Waals surface area contributed by atoms with Gasteiger partial charge in [-0.15, -0.1) is 0 Å². The van der Waals surface area contributed by atoms with Crippen LogP contribution in [0.25, 0.3) is 10.9 Å². The number of hydrogen-bond acceptors (Lipinski definition) is 7. The van der Waals surface area contributed by atoms with Crippen LogP contribution in [0.5, 0.6) is 0 Å². The minimum Gasteiger partial charge on any atom is -0.467 e. The van der Waals surface area contributed by atoms with Crippen LogP contribution >= 0.6 is 0 Å². The maximum atomic E-state index is 10.9. The molecule has 0 amide bonds. The Morgan fingerprint density at radius 1 is 1.40 bits per heavy atom. The van der Waals surface area contributed by atoms with Crippen LogP contribution in [0.3, 0.4) is 0 Å². The van der Waals surface area contributed by atoms with E-state index >= 15 is 0 Å². The zero-order valence-corrected chi connectivity index (χ0v) is 13.0. The lowest BCUT2D eigenvalue weighted by Gasteiger charge is -2.17. The third-order valence-electron chi connectivity index (χ3n) is 3.75. The van der Waals surface area contributed by atoms with E-state index in [2.05, 4.69) is 10.3 Å². The number of benzene rings is 1. The molecule has 1 unspecified atom stereocenters. The summed E-state index contributed by atoms with van der Waals surface area (Å²) in [6.07, 6.45) is 1.93. The van der Waals surface area contributed by atoms with Crippen LogP contribution in [-0.2, 0) is 0 Å². The second-order valence-electron chi connectivity index (χ2n) is 5.35. The van der Waals surface area contributed by atoms with Crippen molar-refractivity contribution in [3.63, 3.8) is 0 Å². The third-order valence-corrected chi connectivity index (χ3v) is 3.75. The molecule has 0 saturated heterocycles. The van der Waals surface area contributed by atoms with Gasteiger partial charge < -0.3 is 14.8 Å². The molecule has 3 rings (SSSR count). The number of aliphatic hydroxyl groups excluding tert-OH is 1. The lowest BCUT2D eigenvalue weighted by Crippen LogP contribution is -2.13. The Kier molecular flexibility index (Phi) is 4.59. The molecule has 1 aromatic carbocycles. The molecule has 2 N–H and O–H groups in total. The van der Waals surface area contributed by atoms with Gasteiger partial charge in [-0.05, 0) is 30.7 Å². The van der Waals surface area contributed by atoms with Gasteiger partial charge in [0.15, 0.2) is 0 Å². The number of fused-ring (bicyclic) bond motifs is 1. The second kappa shape index (κ2) is 6.98. The molecular formula is C17H14N4O4. The average Bonchev–Trinajstić information content (AvgIpc) is 3.14. The molecule has 2 heterocycles. The van der Waals surface area contributed by atoms with Gasteiger partial charge in [0, 0.05) is 24.1 Å². The first-order valence-electron chi connectivity index (χ1n) is 7.52. The molecule has 0 aliphatic rings. The van der Waals surface area contributed by atoms with Crippen LogP contribution in [0.4, 0.5) is 11.5 Å². The molecule has 2 aromatic heterocycles. The van der Waals surface area contributed by atoms with Crippen LogP contribution in [0.1, 0.15) is 23.8 Å². The van der Waals surface area contributed by atoms with Gasteiger partial charge in [-0.1, -0.05) is 0 Å². The summed E-state index contributed by atoms with van der Waals surface area (Å²) in [7, 11) is 0. The van der Waals surface area contributed by atoms with Gasteiger partial charge in [0.05, 0.1) is 34.4 Å². The molecule has 0 bridgehead atoms. The monoisotopic (exact) mass is 338 g/mol. The predicted octanol–water partition coefficient (Wildman–Crippen LogP) is 3.14. The van der Waals surface area contributed by atoms with E-state index in [-0.39, 0.29) is 23.9 Å². The molecular weight excluding hydrogens is 324 g/mol. The van der Waals surface area contributed by atoms with Crippen LogP contribution in [0.15, 0.2) is 47.1 Å². The van der Waals surface area contributed by atoms with E-state index in [0.29, 0.717) is 28.9 Å². The summed E-state index contributed by atoms with van der Waals surface area (Å²) in [6.45, 7) is -0.0523. The number of anilines is 1. The number of hydrogen-bond donors (Lipinski definition) is 2. The molecule has 0 aliphatic carbocycles. The first-order chi connectivity index (χ1) is 12.1. The molecule has 0 spiro atoms. The second-order valence-corrected chi connectivity index (χ2v) is 5.35. The number of aromatic nitrogens is 1. The molecule has 0 fully saturated rings. The number of non-ortho nitro benzene ring substituents is 1. The summed E-state index contributed by atoms with van der Waals surface area (Å²) < 4.78 is 5.37. The van der Waals surface area contributed by atoms with Crippen molar-refractivity contribution in [3.05, 3.63) is 64.1 Å². The summed E-state index contributed by atoms with van der Waals surface area (Å²) in [5, 5.41) is 33.1. The fraction of sp³-hybridized carbons (Fsp3) is 0.176. The van der Waals surface area contributed by atoms with E-state index in [9.17, 15) is 20.5 Å². The lowest BCUT2D eigenvalue weighted by molar-refractivity contribution is -0.384. The van der Waals surface area contributed by atoms with Crippen molar-refractivity contribution in [2.24, 2.45) is 0 Å². The maximum absolute atomic E-state index is 10.9. The Balaban J connectivity index is 2.01. The van der Waals surface area contributed by atoms with Crippen molar-refractivity contribution in [1.82, 2.24) is 4.98 Å². The normalized spacial score (nSPS) is 11.8. The van der Waals surface area contributed by atoms with Gasteiger partial charge in [-0.2, -0.15) is 5.26 Å². The Bertz CT molecular complexity index is 947. The van der Waals surface area contributed by atoms with Gasteiger partial charge >= 0.3 is 0 Å². The number of furan rings is 1. The molecule has 8 nitrogen and oxygen atoms in total. The zero-order chi connectivity index (χ0) is 17.8. The van der Waals surface area contributed by atoms with Crippen molar-refractivity contribution >= 4 is 22.4 Å². The topological polar surface area (TPSA) is 125 Å². The quantitative estimate of drug-likeness (QED) is 0.522. The van der Waals surface area contributed by atoms with E-state index in [4.69, 9.17) is 4.42 Å². The number of nitro groups is 1. The highest BCUT2D eigenvalue weighted by Gasteiger charge is 2.17. The number of nitrogens with one attached hydrogen (secondary N) is 1. The van der Waals surface area contributed by atoms with E-state index in [0.717, 1.165) is 0 Å². The van der Waals surface area contributed by atoms with Crippen LogP contribution in [0, 0.1) is 21.4 Å². The first kappa shape index (κ1) is 16.4. The fourth-order valence-corrected chi connectivity index (χ4v) is 2.58. The highest BCUT2D eigenvalue weighted by atomic mass is 16.6. The van der Waals surface area contributed by atoms with E-state index in [1.165, 1.54) is 30.5 Å². The fourth-order valence-electron chi connectivity index (χ4n) is 2.58. The number of rotatable bonds is 6. The number of nitrogens with zero attached hydrogens (tertiary/aromatic N) is 3. The van der Waals surface area contributed by atoms with Gasteiger partial charge in [0.1, 0.15) is 11.6 Å². The van der Waals surface area contributed by atoms with Crippen LogP contribution < -0.4 is 5.32 Å². The van der Waals surface area contributed by atoms with Crippen molar-refractivity contribution in [3.8, 4) is 6.07 Å². The standard InChI is InChI=1S/C17H14N4O4/c18-10-11-8-17(20-15(5-6-22)16-2-1-7-25-16)19-14-4-3-12(21(23)24)9-13(11)14/h1-4,7-9,15,22H,5-6H2,(H,19,20). The Labute approximate surface area is 142 Å². The molecule has 0 radical (unpaired) electrons. The zero-order valence-electron chi connectivity index (χ0n) is 13.0.